The van der Waals surface area contributed by atoms with E-state index in [-0.39, 0.29) is 66.5 Å². The Labute approximate surface area is 293 Å². The van der Waals surface area contributed by atoms with Gasteiger partial charge in [-0.3, -0.25) is 4.79 Å². The van der Waals surface area contributed by atoms with Gasteiger partial charge in [0, 0.05) is 31.7 Å². The van der Waals surface area contributed by atoms with E-state index in [1.54, 1.807) is 0 Å². The highest BCUT2D eigenvalue weighted by atomic mass is 32.2. The van der Waals surface area contributed by atoms with Gasteiger partial charge in [-0.1, -0.05) is 5.10 Å². The Morgan fingerprint density at radius 3 is 2.06 bits per heavy atom. The minimum absolute atomic E-state index is 0.00476. The Kier molecular flexibility index (Phi) is 12.4. The number of nitrogens with zero attached hydrogens (tertiary/aromatic N) is 5. The number of halogens is 9. The number of nitrogens with one attached hydrogen (secondary N) is 1. The van der Waals surface area contributed by atoms with Crippen LogP contribution in [-0.4, -0.2) is 53.9 Å². The Hall–Kier alpha value is -4.10. The van der Waals surface area contributed by atoms with E-state index in [4.69, 9.17) is 0 Å². The highest BCUT2D eigenvalue weighted by molar-refractivity contribution is 7.86. The number of carbonyl (C=O) groups is 1. The molecule has 4 rings (SSSR count). The largest absolute Gasteiger partial charge is 0.416 e. The smallest absolute Gasteiger partial charge is 0.371 e. The standard InChI is InChI=1S/C32H37F9N6O4S/c1-4-46(18-21-7-5-20(6-8-21)14-28(48)51-52(3,49)50)27-11-19(2)26(32(39,40)41)15-23(27)17-42-29-43-45-47(44-29)10-9-22-12-24(30(33,34)35)16-25(13-22)31(36,37)38/h11-13,15-16,20-21H,4-10,14,17-18H2,1-3H3,(H,42,44). The molecule has 10 nitrogen and oxygen atoms in total. The lowest BCUT2D eigenvalue weighted by molar-refractivity contribution is -0.143. The van der Waals surface area contributed by atoms with Crippen LogP contribution in [0.5, 0.6) is 0 Å². The minimum Gasteiger partial charge on any atom is -0.371 e. The number of hydrogen-bond acceptors (Lipinski definition) is 9. The zero-order valence-electron chi connectivity index (χ0n) is 28.3. The van der Waals surface area contributed by atoms with Gasteiger partial charge in [0.15, 0.2) is 0 Å². The number of hydrogen-bond donors (Lipinski definition) is 1. The summed E-state index contributed by atoms with van der Waals surface area (Å²) in [5, 5.41) is 14.4. The van der Waals surface area contributed by atoms with Crippen molar-refractivity contribution in [2.45, 2.75) is 84.0 Å². The predicted molar refractivity (Wildman–Crippen MR) is 170 cm³/mol. The van der Waals surface area contributed by atoms with Crippen LogP contribution in [0.15, 0.2) is 30.3 Å². The van der Waals surface area contributed by atoms with Crippen molar-refractivity contribution in [1.29, 1.82) is 0 Å². The molecule has 1 heterocycles. The second kappa shape index (κ2) is 15.9. The SMILES string of the molecule is CCN(CC1CCC(CC(=O)OS(C)(=O)=O)CC1)c1cc(C)c(C(F)(F)F)cc1CNc1nnn(CCc2cc(C(F)(F)F)cc(C(F)(F)F)c2)n1. The molecule has 52 heavy (non-hydrogen) atoms. The molecule has 2 aromatic carbocycles. The number of alkyl halides is 9. The van der Waals surface area contributed by atoms with Crippen LogP contribution < -0.4 is 10.2 Å². The third kappa shape index (κ3) is 11.4. The lowest BCUT2D eigenvalue weighted by atomic mass is 9.80. The van der Waals surface area contributed by atoms with Crippen molar-refractivity contribution < 1.29 is 56.9 Å². The molecule has 1 aliphatic carbocycles. The molecule has 0 radical (unpaired) electrons. The van der Waals surface area contributed by atoms with Gasteiger partial charge in [0.2, 0.25) is 0 Å². The summed E-state index contributed by atoms with van der Waals surface area (Å²) in [7, 11) is -3.91. The molecule has 0 saturated heterocycles. The average Bonchev–Trinajstić information content (AvgIpc) is 3.48. The normalized spacial score (nSPS) is 17.2. The van der Waals surface area contributed by atoms with Gasteiger partial charge >= 0.3 is 34.6 Å². The van der Waals surface area contributed by atoms with Gasteiger partial charge in [0.05, 0.1) is 29.5 Å². The van der Waals surface area contributed by atoms with E-state index in [1.807, 2.05) is 11.8 Å². The number of aryl methyl sites for hydroxylation is 3. The van der Waals surface area contributed by atoms with Crippen LogP contribution in [-0.2, 0) is 57.1 Å². The van der Waals surface area contributed by atoms with Crippen LogP contribution in [0.1, 0.15) is 72.4 Å². The summed E-state index contributed by atoms with van der Waals surface area (Å²) < 4.78 is 148. The van der Waals surface area contributed by atoms with Crippen LogP contribution in [0.2, 0.25) is 0 Å². The molecule has 1 saturated carbocycles. The molecule has 20 heteroatoms. The number of tetrazole rings is 1. The Morgan fingerprint density at radius 1 is 0.923 bits per heavy atom. The molecule has 0 unspecified atom stereocenters. The average molecular weight is 773 g/mol. The maximum Gasteiger partial charge on any atom is 0.416 e. The van der Waals surface area contributed by atoms with Crippen molar-refractivity contribution in [3.63, 3.8) is 0 Å². The zero-order valence-corrected chi connectivity index (χ0v) is 29.1. The van der Waals surface area contributed by atoms with Gasteiger partial charge < -0.3 is 14.4 Å². The molecule has 0 atom stereocenters. The summed E-state index contributed by atoms with van der Waals surface area (Å²) >= 11 is 0. The monoisotopic (exact) mass is 772 g/mol. The molecule has 0 bridgehead atoms. The quantitative estimate of drug-likeness (QED) is 0.140. The van der Waals surface area contributed by atoms with Crippen molar-refractivity contribution in [3.8, 4) is 0 Å². The predicted octanol–water partition coefficient (Wildman–Crippen LogP) is 7.42. The lowest BCUT2D eigenvalue weighted by Crippen LogP contribution is -2.33. The Bertz CT molecular complexity index is 1790. The van der Waals surface area contributed by atoms with Crippen molar-refractivity contribution in [2.75, 3.05) is 29.6 Å². The van der Waals surface area contributed by atoms with E-state index in [0.29, 0.717) is 56.6 Å². The Morgan fingerprint density at radius 2 is 1.52 bits per heavy atom. The van der Waals surface area contributed by atoms with Crippen LogP contribution in [0.25, 0.3) is 0 Å². The van der Waals surface area contributed by atoms with E-state index < -0.39 is 51.3 Å². The summed E-state index contributed by atoms with van der Waals surface area (Å²) in [6, 6.07) is 3.71. The second-order valence-electron chi connectivity index (χ2n) is 12.8. The summed E-state index contributed by atoms with van der Waals surface area (Å²) in [5.74, 6) is -0.868. The third-order valence-corrected chi connectivity index (χ3v) is 9.22. The molecule has 3 aromatic rings. The van der Waals surface area contributed by atoms with Crippen molar-refractivity contribution in [2.24, 2.45) is 11.8 Å². The van der Waals surface area contributed by atoms with Crippen LogP contribution >= 0.6 is 0 Å². The summed E-state index contributed by atoms with van der Waals surface area (Å²) in [6.45, 7) is 3.72. The molecule has 1 aromatic heterocycles. The van der Waals surface area contributed by atoms with Gasteiger partial charge in [-0.15, -0.1) is 5.10 Å². The maximum atomic E-state index is 13.9. The second-order valence-corrected chi connectivity index (χ2v) is 14.4. The van der Waals surface area contributed by atoms with E-state index in [2.05, 4.69) is 24.9 Å². The fraction of sp³-hybridized carbons (Fsp3) is 0.562. The third-order valence-electron chi connectivity index (χ3n) is 8.74. The first kappa shape index (κ1) is 40.7. The van der Waals surface area contributed by atoms with Crippen LogP contribution in [0.4, 0.5) is 51.1 Å². The van der Waals surface area contributed by atoms with Gasteiger partial charge in [-0.25, -0.2) is 0 Å². The van der Waals surface area contributed by atoms with Gasteiger partial charge in [0.1, 0.15) is 0 Å². The molecule has 1 aliphatic rings. The van der Waals surface area contributed by atoms with Crippen molar-refractivity contribution in [1.82, 2.24) is 20.2 Å². The minimum atomic E-state index is -5.01. The van der Waals surface area contributed by atoms with E-state index in [9.17, 15) is 52.7 Å². The lowest BCUT2D eigenvalue weighted by Gasteiger charge is -2.34. The number of benzene rings is 2. The molecular formula is C32H37F9N6O4S. The zero-order chi connectivity index (χ0) is 38.6. The number of carbonyl (C=O) groups excluding carboxylic acids is 1. The highest BCUT2D eigenvalue weighted by Crippen LogP contribution is 2.39. The van der Waals surface area contributed by atoms with E-state index in [1.165, 1.54) is 13.0 Å². The van der Waals surface area contributed by atoms with E-state index in [0.717, 1.165) is 17.1 Å². The molecule has 1 fully saturated rings. The number of anilines is 2. The maximum absolute atomic E-state index is 13.9. The highest BCUT2D eigenvalue weighted by Gasteiger charge is 2.37. The van der Waals surface area contributed by atoms with Gasteiger partial charge in [-0.05, 0) is 110 Å². The summed E-state index contributed by atoms with van der Waals surface area (Å²) in [5.41, 5.74) is -3.23. The molecule has 0 aliphatic heterocycles. The fourth-order valence-electron chi connectivity index (χ4n) is 6.22. The van der Waals surface area contributed by atoms with Crippen LogP contribution in [0, 0.1) is 18.8 Å². The topological polar surface area (TPSA) is 119 Å². The molecule has 0 amide bonds. The molecular weight excluding hydrogens is 735 g/mol. The number of rotatable bonds is 13. The molecule has 288 valence electrons. The van der Waals surface area contributed by atoms with E-state index >= 15 is 0 Å². The van der Waals surface area contributed by atoms with Crippen molar-refractivity contribution in [3.05, 3.63) is 63.7 Å². The summed E-state index contributed by atoms with van der Waals surface area (Å²) in [6.07, 6.45) is -11.5. The first-order valence-electron chi connectivity index (χ1n) is 16.2. The van der Waals surface area contributed by atoms with Crippen LogP contribution in [0.3, 0.4) is 0 Å². The molecule has 0 spiro atoms. The first-order chi connectivity index (χ1) is 24.0. The van der Waals surface area contributed by atoms with Gasteiger partial charge in [0.25, 0.3) is 5.95 Å². The van der Waals surface area contributed by atoms with Gasteiger partial charge in [-0.2, -0.15) is 52.7 Å². The van der Waals surface area contributed by atoms with Crippen molar-refractivity contribution >= 4 is 27.7 Å². The summed E-state index contributed by atoms with van der Waals surface area (Å²) in [4.78, 5) is 14.8. The fourth-order valence-corrected chi connectivity index (χ4v) is 6.63. The molecule has 1 N–H and O–H groups in total. The Balaban J connectivity index is 1.46. The first-order valence-corrected chi connectivity index (χ1v) is 18.0. The number of aromatic nitrogens is 4.